The van der Waals surface area contributed by atoms with E-state index in [1.807, 2.05) is 0 Å². The van der Waals surface area contributed by atoms with Crippen molar-refractivity contribution in [1.29, 1.82) is 0 Å². The molecule has 0 N–H and O–H groups in total. The van der Waals surface area contributed by atoms with Crippen LogP contribution in [0.5, 0.6) is 0 Å². The van der Waals surface area contributed by atoms with Crippen LogP contribution in [-0.2, 0) is 6.42 Å². The van der Waals surface area contributed by atoms with Crippen LogP contribution in [0, 0.1) is 13.8 Å². The molecule has 0 spiro atoms. The van der Waals surface area contributed by atoms with Crippen molar-refractivity contribution in [2.75, 3.05) is 0 Å². The Bertz CT molecular complexity index is 509. The summed E-state index contributed by atoms with van der Waals surface area (Å²) in [4.78, 5) is 4.57. The van der Waals surface area contributed by atoms with Gasteiger partial charge in [0.1, 0.15) is 5.82 Å². The van der Waals surface area contributed by atoms with Crippen LogP contribution in [0.3, 0.4) is 0 Å². The lowest BCUT2D eigenvalue weighted by Crippen LogP contribution is -1.94. The second-order valence-electron chi connectivity index (χ2n) is 3.84. The number of hydrogen-bond donors (Lipinski definition) is 0. The summed E-state index contributed by atoms with van der Waals surface area (Å²) >= 11 is 0. The predicted octanol–water partition coefficient (Wildman–Crippen LogP) is 2.39. The van der Waals surface area contributed by atoms with Crippen molar-refractivity contribution >= 4 is 0 Å². The first-order valence-electron chi connectivity index (χ1n) is 4.90. The fraction of sp³-hybridized carbons (Fsp3) is 0.250. The number of aromatic nitrogens is 2. The van der Waals surface area contributed by atoms with E-state index in [9.17, 15) is 0 Å². The third-order valence-corrected chi connectivity index (χ3v) is 2.99. The van der Waals surface area contributed by atoms with Gasteiger partial charge >= 0.3 is 0 Å². The van der Waals surface area contributed by atoms with Crippen LogP contribution < -0.4 is 0 Å². The van der Waals surface area contributed by atoms with Gasteiger partial charge in [0.05, 0.1) is 11.4 Å². The molecule has 0 unspecified atom stereocenters. The molecule has 1 aliphatic rings. The van der Waals surface area contributed by atoms with Crippen LogP contribution in [0.25, 0.3) is 5.69 Å². The molecule has 0 saturated heterocycles. The van der Waals surface area contributed by atoms with Crippen LogP contribution >= 0.6 is 0 Å². The van der Waals surface area contributed by atoms with E-state index < -0.39 is 0 Å². The van der Waals surface area contributed by atoms with Gasteiger partial charge in [-0.2, -0.15) is 0 Å². The first-order valence-corrected chi connectivity index (χ1v) is 4.90. The summed E-state index contributed by atoms with van der Waals surface area (Å²) < 4.78 is 2.27. The van der Waals surface area contributed by atoms with Gasteiger partial charge < -0.3 is 4.57 Å². The number of fused-ring (bicyclic) bond motifs is 3. The Morgan fingerprint density at radius 3 is 2.86 bits per heavy atom. The average molecular weight is 184 g/mol. The molecule has 1 aromatic carbocycles. The van der Waals surface area contributed by atoms with Crippen molar-refractivity contribution in [1.82, 2.24) is 9.55 Å². The molecule has 70 valence electrons. The van der Waals surface area contributed by atoms with Gasteiger partial charge in [-0.15, -0.1) is 0 Å². The van der Waals surface area contributed by atoms with Crippen molar-refractivity contribution in [3.63, 3.8) is 0 Å². The molecule has 14 heavy (non-hydrogen) atoms. The van der Waals surface area contributed by atoms with E-state index in [4.69, 9.17) is 0 Å². The zero-order valence-electron chi connectivity index (χ0n) is 8.41. The summed E-state index contributed by atoms with van der Waals surface area (Å²) in [6, 6.07) is 8.52. The maximum Gasteiger partial charge on any atom is 0.118 e. The lowest BCUT2D eigenvalue weighted by molar-refractivity contribution is 0.966. The quantitative estimate of drug-likeness (QED) is 0.524. The molecule has 0 saturated carbocycles. The SMILES string of the molecule is Cc1nc2n(c1C)-c1ccccc1C2. The van der Waals surface area contributed by atoms with Crippen LogP contribution in [0.15, 0.2) is 24.3 Å². The Kier molecular flexibility index (Phi) is 1.38. The molecular weight excluding hydrogens is 172 g/mol. The zero-order chi connectivity index (χ0) is 9.71. The zero-order valence-corrected chi connectivity index (χ0v) is 8.41. The first-order chi connectivity index (χ1) is 6.77. The lowest BCUT2D eigenvalue weighted by Gasteiger charge is -2.03. The molecule has 2 heteroatoms. The van der Waals surface area contributed by atoms with Crippen LogP contribution in [0.2, 0.25) is 0 Å². The number of nitrogens with zero attached hydrogens (tertiary/aromatic N) is 2. The summed E-state index contributed by atoms with van der Waals surface area (Å²) in [6.07, 6.45) is 0.977. The smallest absolute Gasteiger partial charge is 0.118 e. The summed E-state index contributed by atoms with van der Waals surface area (Å²) in [5, 5.41) is 0. The molecule has 1 aromatic heterocycles. The van der Waals surface area contributed by atoms with Gasteiger partial charge in [0.15, 0.2) is 0 Å². The van der Waals surface area contributed by atoms with E-state index >= 15 is 0 Å². The molecule has 2 aromatic rings. The molecule has 3 rings (SSSR count). The van der Waals surface area contributed by atoms with Crippen molar-refractivity contribution in [3.8, 4) is 5.69 Å². The molecule has 0 aliphatic carbocycles. The third-order valence-electron chi connectivity index (χ3n) is 2.99. The lowest BCUT2D eigenvalue weighted by atomic mass is 10.1. The highest BCUT2D eigenvalue weighted by molar-refractivity contribution is 5.50. The Hall–Kier alpha value is -1.57. The monoisotopic (exact) mass is 184 g/mol. The summed E-state index contributed by atoms with van der Waals surface area (Å²) in [5.74, 6) is 1.18. The fourth-order valence-electron chi connectivity index (χ4n) is 2.17. The van der Waals surface area contributed by atoms with Gasteiger partial charge in [0, 0.05) is 12.1 Å². The van der Waals surface area contributed by atoms with Gasteiger partial charge in [-0.3, -0.25) is 0 Å². The summed E-state index contributed by atoms with van der Waals surface area (Å²) in [7, 11) is 0. The normalized spacial score (nSPS) is 12.7. The molecule has 0 bridgehead atoms. The molecule has 0 atom stereocenters. The van der Waals surface area contributed by atoms with Crippen molar-refractivity contribution in [2.24, 2.45) is 0 Å². The molecular formula is C12H12N2. The second kappa shape index (κ2) is 2.47. The number of hydrogen-bond acceptors (Lipinski definition) is 1. The van der Waals surface area contributed by atoms with E-state index in [0.717, 1.165) is 12.1 Å². The highest BCUT2D eigenvalue weighted by atomic mass is 15.1. The Morgan fingerprint density at radius 1 is 1.21 bits per heavy atom. The number of para-hydroxylation sites is 1. The van der Waals surface area contributed by atoms with Crippen LogP contribution in [0.4, 0.5) is 0 Å². The molecule has 2 nitrogen and oxygen atoms in total. The third kappa shape index (κ3) is 0.830. The topological polar surface area (TPSA) is 17.8 Å². The second-order valence-corrected chi connectivity index (χ2v) is 3.84. The minimum absolute atomic E-state index is 0.977. The largest absolute Gasteiger partial charge is 0.300 e. The van der Waals surface area contributed by atoms with E-state index in [-0.39, 0.29) is 0 Å². The predicted molar refractivity (Wildman–Crippen MR) is 55.8 cm³/mol. The van der Waals surface area contributed by atoms with Gasteiger partial charge in [-0.25, -0.2) is 4.98 Å². The van der Waals surface area contributed by atoms with Crippen molar-refractivity contribution in [3.05, 3.63) is 47.0 Å². The van der Waals surface area contributed by atoms with Gasteiger partial charge in [0.25, 0.3) is 0 Å². The molecule has 0 radical (unpaired) electrons. The fourth-order valence-corrected chi connectivity index (χ4v) is 2.17. The molecule has 0 amide bonds. The Labute approximate surface area is 83.2 Å². The number of rotatable bonds is 0. The van der Waals surface area contributed by atoms with Crippen LogP contribution in [-0.4, -0.2) is 9.55 Å². The van der Waals surface area contributed by atoms with E-state index in [1.54, 1.807) is 0 Å². The highest BCUT2D eigenvalue weighted by Gasteiger charge is 2.21. The van der Waals surface area contributed by atoms with Gasteiger partial charge in [0.2, 0.25) is 0 Å². The molecule has 0 fully saturated rings. The molecule has 2 heterocycles. The summed E-state index contributed by atoms with van der Waals surface area (Å²) in [6.45, 7) is 4.21. The first kappa shape index (κ1) is 7.80. The average Bonchev–Trinajstić information content (AvgIpc) is 2.65. The summed E-state index contributed by atoms with van der Waals surface area (Å²) in [5.41, 5.74) is 5.11. The van der Waals surface area contributed by atoms with Crippen LogP contribution in [0.1, 0.15) is 22.8 Å². The standard InChI is InChI=1S/C12H12N2/c1-8-9(2)14-11-6-4-3-5-10(11)7-12(14)13-8/h3-6H,7H2,1-2H3. The Morgan fingerprint density at radius 2 is 2.00 bits per heavy atom. The highest BCUT2D eigenvalue weighted by Crippen LogP contribution is 2.29. The minimum Gasteiger partial charge on any atom is -0.300 e. The van der Waals surface area contributed by atoms with E-state index in [0.29, 0.717) is 0 Å². The number of imidazole rings is 1. The molecule has 1 aliphatic heterocycles. The number of benzene rings is 1. The van der Waals surface area contributed by atoms with Gasteiger partial charge in [-0.05, 0) is 25.5 Å². The minimum atomic E-state index is 0.977. The maximum absolute atomic E-state index is 4.57. The maximum atomic E-state index is 4.57. The number of aryl methyl sites for hydroxylation is 1. The van der Waals surface area contributed by atoms with E-state index in [1.165, 1.54) is 22.8 Å². The van der Waals surface area contributed by atoms with Crippen molar-refractivity contribution < 1.29 is 0 Å². The van der Waals surface area contributed by atoms with E-state index in [2.05, 4.69) is 47.7 Å². The van der Waals surface area contributed by atoms with Crippen molar-refractivity contribution in [2.45, 2.75) is 20.3 Å². The van der Waals surface area contributed by atoms with Gasteiger partial charge in [-0.1, -0.05) is 18.2 Å². The Balaban J connectivity index is 2.34.